The van der Waals surface area contributed by atoms with E-state index >= 15 is 0 Å². The van der Waals surface area contributed by atoms with Crippen LogP contribution in [0.2, 0.25) is 0 Å². The molecule has 19 heavy (non-hydrogen) atoms. The third-order valence-electron chi connectivity index (χ3n) is 2.53. The van der Waals surface area contributed by atoms with Crippen LogP contribution in [-0.2, 0) is 11.3 Å². The molecule has 2 rings (SSSR count). The summed E-state index contributed by atoms with van der Waals surface area (Å²) in [7, 11) is 1.69. The third kappa shape index (κ3) is 4.54. The Hall–Kier alpha value is -1.59. The smallest absolute Gasteiger partial charge is 0.191 e. The molecule has 0 aliphatic carbocycles. The SMILES string of the molecule is COCCn1cnnc1SC/C=C/c1ccccc1. The largest absolute Gasteiger partial charge is 0.383 e. The van der Waals surface area contributed by atoms with Crippen LogP contribution >= 0.6 is 11.8 Å². The quantitative estimate of drug-likeness (QED) is 0.728. The van der Waals surface area contributed by atoms with E-state index in [1.165, 1.54) is 5.56 Å². The summed E-state index contributed by atoms with van der Waals surface area (Å²) in [5.74, 6) is 0.876. The van der Waals surface area contributed by atoms with Crippen LogP contribution in [0.1, 0.15) is 5.56 Å². The van der Waals surface area contributed by atoms with Crippen LogP contribution < -0.4 is 0 Å². The van der Waals surface area contributed by atoms with Gasteiger partial charge < -0.3 is 9.30 Å². The molecule has 0 aliphatic rings. The highest BCUT2D eigenvalue weighted by atomic mass is 32.2. The monoisotopic (exact) mass is 275 g/mol. The van der Waals surface area contributed by atoms with E-state index in [1.807, 2.05) is 22.8 Å². The molecule has 1 heterocycles. The Balaban J connectivity index is 1.82. The lowest BCUT2D eigenvalue weighted by Crippen LogP contribution is -2.04. The highest BCUT2D eigenvalue weighted by molar-refractivity contribution is 7.99. The molecule has 0 radical (unpaired) electrons. The standard InChI is InChI=1S/C14H17N3OS/c1-18-10-9-17-12-15-16-14(17)19-11-5-8-13-6-3-2-4-7-13/h2-8,12H,9-11H2,1H3/b8-5+. The zero-order valence-electron chi connectivity index (χ0n) is 10.9. The van der Waals surface area contributed by atoms with Crippen molar-refractivity contribution in [3.8, 4) is 0 Å². The molecule has 0 bridgehead atoms. The maximum atomic E-state index is 5.05. The predicted octanol–water partition coefficient (Wildman–Crippen LogP) is 2.73. The average molecular weight is 275 g/mol. The zero-order valence-corrected chi connectivity index (χ0v) is 11.7. The molecule has 0 amide bonds. The molecular weight excluding hydrogens is 258 g/mol. The van der Waals surface area contributed by atoms with E-state index < -0.39 is 0 Å². The van der Waals surface area contributed by atoms with Gasteiger partial charge in [0.05, 0.1) is 6.61 Å². The van der Waals surface area contributed by atoms with Crippen LogP contribution in [-0.4, -0.2) is 34.2 Å². The highest BCUT2D eigenvalue weighted by Crippen LogP contribution is 2.15. The molecule has 1 aromatic heterocycles. The molecule has 0 fully saturated rings. The van der Waals surface area contributed by atoms with E-state index in [9.17, 15) is 0 Å². The van der Waals surface area contributed by atoms with Crippen LogP contribution in [0.3, 0.4) is 0 Å². The first-order valence-corrected chi connectivity index (χ1v) is 7.10. The fourth-order valence-corrected chi connectivity index (χ4v) is 2.32. The van der Waals surface area contributed by atoms with Crippen molar-refractivity contribution in [2.75, 3.05) is 19.5 Å². The van der Waals surface area contributed by atoms with Gasteiger partial charge in [0.25, 0.3) is 0 Å². The minimum absolute atomic E-state index is 0.672. The van der Waals surface area contributed by atoms with E-state index in [0.717, 1.165) is 17.5 Å². The summed E-state index contributed by atoms with van der Waals surface area (Å²) in [6, 6.07) is 10.3. The van der Waals surface area contributed by atoms with Crippen LogP contribution in [0.4, 0.5) is 0 Å². The Morgan fingerprint density at radius 2 is 2.16 bits per heavy atom. The topological polar surface area (TPSA) is 39.9 Å². The lowest BCUT2D eigenvalue weighted by atomic mass is 10.2. The normalized spacial score (nSPS) is 11.2. The summed E-state index contributed by atoms with van der Waals surface area (Å²) in [4.78, 5) is 0. The number of aromatic nitrogens is 3. The molecule has 0 N–H and O–H groups in total. The summed E-state index contributed by atoms with van der Waals surface area (Å²) in [6.07, 6.45) is 5.99. The van der Waals surface area contributed by atoms with Crippen molar-refractivity contribution in [1.29, 1.82) is 0 Å². The number of rotatable bonds is 7. The van der Waals surface area contributed by atoms with Crippen molar-refractivity contribution in [2.45, 2.75) is 11.7 Å². The minimum Gasteiger partial charge on any atom is -0.383 e. The molecule has 100 valence electrons. The van der Waals surface area contributed by atoms with Crippen molar-refractivity contribution < 1.29 is 4.74 Å². The van der Waals surface area contributed by atoms with E-state index in [-0.39, 0.29) is 0 Å². The lowest BCUT2D eigenvalue weighted by molar-refractivity contribution is 0.184. The molecule has 5 heteroatoms. The number of thioether (sulfide) groups is 1. The van der Waals surface area contributed by atoms with Crippen molar-refractivity contribution in [2.24, 2.45) is 0 Å². The molecule has 4 nitrogen and oxygen atoms in total. The second-order valence-electron chi connectivity index (χ2n) is 3.92. The van der Waals surface area contributed by atoms with Gasteiger partial charge in [0.1, 0.15) is 6.33 Å². The van der Waals surface area contributed by atoms with Crippen LogP contribution in [0, 0.1) is 0 Å². The maximum Gasteiger partial charge on any atom is 0.191 e. The van der Waals surface area contributed by atoms with E-state index in [0.29, 0.717) is 6.61 Å². The Morgan fingerprint density at radius 1 is 1.32 bits per heavy atom. The number of hydrogen-bond donors (Lipinski definition) is 0. The van der Waals surface area contributed by atoms with E-state index in [4.69, 9.17) is 4.74 Å². The third-order valence-corrected chi connectivity index (χ3v) is 3.47. The second kappa shape index (κ2) is 7.76. The average Bonchev–Trinajstić information content (AvgIpc) is 2.90. The van der Waals surface area contributed by atoms with Gasteiger partial charge in [-0.15, -0.1) is 10.2 Å². The van der Waals surface area contributed by atoms with E-state index in [2.05, 4.69) is 34.5 Å². The molecule has 0 aliphatic heterocycles. The number of benzene rings is 1. The Labute approximate surface area is 117 Å². The molecule has 0 spiro atoms. The van der Waals surface area contributed by atoms with Gasteiger partial charge in [0.15, 0.2) is 5.16 Å². The first kappa shape index (κ1) is 13.8. The molecule has 2 aromatic rings. The summed E-state index contributed by atoms with van der Waals surface area (Å²) >= 11 is 1.67. The van der Waals surface area contributed by atoms with Crippen LogP contribution in [0.15, 0.2) is 47.9 Å². The summed E-state index contributed by atoms with van der Waals surface area (Å²) in [6.45, 7) is 1.46. The van der Waals surface area contributed by atoms with Gasteiger partial charge in [-0.1, -0.05) is 54.2 Å². The summed E-state index contributed by atoms with van der Waals surface area (Å²) in [5.41, 5.74) is 1.21. The van der Waals surface area contributed by atoms with Crippen molar-refractivity contribution in [3.63, 3.8) is 0 Å². The van der Waals surface area contributed by atoms with Crippen molar-refractivity contribution in [3.05, 3.63) is 48.3 Å². The lowest BCUT2D eigenvalue weighted by Gasteiger charge is -2.03. The Morgan fingerprint density at radius 3 is 2.95 bits per heavy atom. The Bertz CT molecular complexity index is 510. The molecular formula is C14H17N3OS. The van der Waals surface area contributed by atoms with Gasteiger partial charge in [-0.05, 0) is 5.56 Å². The summed E-state index contributed by atoms with van der Waals surface area (Å²) in [5, 5.41) is 8.95. The molecule has 1 aromatic carbocycles. The molecule has 0 atom stereocenters. The number of nitrogens with zero attached hydrogens (tertiary/aromatic N) is 3. The van der Waals surface area contributed by atoms with E-state index in [1.54, 1.807) is 25.2 Å². The fraction of sp³-hybridized carbons (Fsp3) is 0.286. The first-order valence-electron chi connectivity index (χ1n) is 6.11. The fourth-order valence-electron chi connectivity index (χ4n) is 1.57. The van der Waals surface area contributed by atoms with Gasteiger partial charge in [0.2, 0.25) is 0 Å². The highest BCUT2D eigenvalue weighted by Gasteiger charge is 2.02. The van der Waals surface area contributed by atoms with Crippen LogP contribution in [0.5, 0.6) is 0 Å². The predicted molar refractivity (Wildman–Crippen MR) is 78.1 cm³/mol. The second-order valence-corrected chi connectivity index (χ2v) is 4.91. The molecule has 0 saturated carbocycles. The minimum atomic E-state index is 0.672. The number of methoxy groups -OCH3 is 1. The van der Waals surface area contributed by atoms with Gasteiger partial charge in [-0.2, -0.15) is 0 Å². The first-order chi connectivity index (χ1) is 9.40. The zero-order chi connectivity index (χ0) is 13.3. The maximum absolute atomic E-state index is 5.05. The van der Waals surface area contributed by atoms with Gasteiger partial charge >= 0.3 is 0 Å². The van der Waals surface area contributed by atoms with Crippen molar-refractivity contribution in [1.82, 2.24) is 14.8 Å². The van der Waals surface area contributed by atoms with Gasteiger partial charge in [-0.3, -0.25) is 0 Å². The Kier molecular flexibility index (Phi) is 5.65. The van der Waals surface area contributed by atoms with Gasteiger partial charge in [0, 0.05) is 19.4 Å². The number of ether oxygens (including phenoxy) is 1. The van der Waals surface area contributed by atoms with Gasteiger partial charge in [-0.25, -0.2) is 0 Å². The summed E-state index contributed by atoms with van der Waals surface area (Å²) < 4.78 is 7.06. The molecule has 0 saturated heterocycles. The molecule has 0 unspecified atom stereocenters. The number of hydrogen-bond acceptors (Lipinski definition) is 4. The van der Waals surface area contributed by atoms with Crippen molar-refractivity contribution >= 4 is 17.8 Å². The van der Waals surface area contributed by atoms with Crippen LogP contribution in [0.25, 0.3) is 6.08 Å².